The first kappa shape index (κ1) is 15.2. The SMILES string of the molecule is O=C(Cc1ccccc1Cl)NCC(=O)c1ccc(F)cc1. The number of nitrogens with one attached hydrogen (secondary N) is 1. The summed E-state index contributed by atoms with van der Waals surface area (Å²) in [6, 6.07) is 12.2. The second kappa shape index (κ2) is 6.99. The van der Waals surface area contributed by atoms with Crippen molar-refractivity contribution in [2.45, 2.75) is 6.42 Å². The van der Waals surface area contributed by atoms with Gasteiger partial charge in [0.05, 0.1) is 13.0 Å². The van der Waals surface area contributed by atoms with Crippen LogP contribution in [0.25, 0.3) is 0 Å². The molecule has 2 aromatic carbocycles. The Morgan fingerprint density at radius 3 is 2.38 bits per heavy atom. The van der Waals surface area contributed by atoms with Crippen molar-refractivity contribution in [2.75, 3.05) is 6.54 Å². The fraction of sp³-hybridized carbons (Fsp3) is 0.125. The molecule has 0 aliphatic carbocycles. The van der Waals surface area contributed by atoms with Gasteiger partial charge in [-0.2, -0.15) is 0 Å². The molecule has 0 radical (unpaired) electrons. The molecule has 0 unspecified atom stereocenters. The fourth-order valence-corrected chi connectivity index (χ4v) is 2.00. The van der Waals surface area contributed by atoms with Crippen molar-refractivity contribution in [2.24, 2.45) is 0 Å². The first-order valence-corrected chi connectivity index (χ1v) is 6.73. The molecule has 0 spiro atoms. The highest BCUT2D eigenvalue weighted by Crippen LogP contribution is 2.15. The molecule has 0 bridgehead atoms. The van der Waals surface area contributed by atoms with E-state index in [1.165, 1.54) is 24.3 Å². The number of halogens is 2. The summed E-state index contributed by atoms with van der Waals surface area (Å²) in [6.45, 7) is -0.130. The molecular formula is C16H13ClFNO2. The van der Waals surface area contributed by atoms with Crippen molar-refractivity contribution >= 4 is 23.3 Å². The van der Waals surface area contributed by atoms with Gasteiger partial charge in [0.1, 0.15) is 5.82 Å². The number of hydrogen-bond acceptors (Lipinski definition) is 2. The van der Waals surface area contributed by atoms with E-state index in [2.05, 4.69) is 5.32 Å². The van der Waals surface area contributed by atoms with Crippen LogP contribution in [-0.4, -0.2) is 18.2 Å². The molecule has 1 amide bonds. The van der Waals surface area contributed by atoms with E-state index in [1.54, 1.807) is 24.3 Å². The van der Waals surface area contributed by atoms with Gasteiger partial charge < -0.3 is 5.32 Å². The predicted molar refractivity (Wildman–Crippen MR) is 78.9 cm³/mol. The maximum Gasteiger partial charge on any atom is 0.224 e. The maximum atomic E-state index is 12.8. The maximum absolute atomic E-state index is 12.8. The number of amides is 1. The summed E-state index contributed by atoms with van der Waals surface area (Å²) in [7, 11) is 0. The van der Waals surface area contributed by atoms with E-state index in [4.69, 9.17) is 11.6 Å². The summed E-state index contributed by atoms with van der Waals surface area (Å²) in [5.74, 6) is -0.977. The van der Waals surface area contributed by atoms with Crippen molar-refractivity contribution in [1.82, 2.24) is 5.32 Å². The summed E-state index contributed by atoms with van der Waals surface area (Å²) in [5.41, 5.74) is 1.06. The van der Waals surface area contributed by atoms with Crippen LogP contribution < -0.4 is 5.32 Å². The van der Waals surface area contributed by atoms with E-state index < -0.39 is 5.82 Å². The van der Waals surface area contributed by atoms with Gasteiger partial charge >= 0.3 is 0 Å². The standard InChI is InChI=1S/C16H13ClFNO2/c17-14-4-2-1-3-12(14)9-16(21)19-10-15(20)11-5-7-13(18)8-6-11/h1-8H,9-10H2,(H,19,21). The second-order valence-corrected chi connectivity index (χ2v) is 4.88. The van der Waals surface area contributed by atoms with E-state index in [9.17, 15) is 14.0 Å². The van der Waals surface area contributed by atoms with Crippen LogP contribution in [0, 0.1) is 5.82 Å². The summed E-state index contributed by atoms with van der Waals surface area (Å²) in [6.07, 6.45) is 0.108. The molecule has 5 heteroatoms. The Morgan fingerprint density at radius 1 is 1.05 bits per heavy atom. The lowest BCUT2D eigenvalue weighted by Gasteiger charge is -2.06. The first-order valence-electron chi connectivity index (χ1n) is 6.35. The zero-order valence-corrected chi connectivity index (χ0v) is 11.9. The van der Waals surface area contributed by atoms with Gasteiger partial charge in [0.15, 0.2) is 5.78 Å². The van der Waals surface area contributed by atoms with Crippen LogP contribution in [-0.2, 0) is 11.2 Å². The van der Waals surface area contributed by atoms with E-state index in [-0.39, 0.29) is 24.7 Å². The summed E-state index contributed by atoms with van der Waals surface area (Å²) in [5, 5.41) is 3.04. The topological polar surface area (TPSA) is 46.2 Å². The lowest BCUT2D eigenvalue weighted by molar-refractivity contribution is -0.120. The average molecular weight is 306 g/mol. The van der Waals surface area contributed by atoms with Crippen LogP contribution in [0.15, 0.2) is 48.5 Å². The number of carbonyl (C=O) groups excluding carboxylic acids is 2. The molecule has 0 saturated heterocycles. The molecule has 0 aliphatic heterocycles. The van der Waals surface area contributed by atoms with Crippen LogP contribution in [0.4, 0.5) is 4.39 Å². The third-order valence-corrected chi connectivity index (χ3v) is 3.29. The highest BCUT2D eigenvalue weighted by molar-refractivity contribution is 6.31. The molecule has 2 rings (SSSR count). The zero-order valence-electron chi connectivity index (χ0n) is 11.1. The van der Waals surface area contributed by atoms with Gasteiger partial charge in [0.2, 0.25) is 5.91 Å². The quantitative estimate of drug-likeness (QED) is 0.863. The number of benzene rings is 2. The summed E-state index contributed by atoms with van der Waals surface area (Å²) < 4.78 is 12.8. The molecular weight excluding hydrogens is 293 g/mol. The molecule has 0 saturated carbocycles. The van der Waals surface area contributed by atoms with E-state index in [0.717, 1.165) is 0 Å². The van der Waals surface area contributed by atoms with Crippen molar-refractivity contribution in [3.8, 4) is 0 Å². The Balaban J connectivity index is 1.88. The Bertz CT molecular complexity index is 656. The second-order valence-electron chi connectivity index (χ2n) is 4.47. The van der Waals surface area contributed by atoms with Gasteiger partial charge in [-0.25, -0.2) is 4.39 Å². The van der Waals surface area contributed by atoms with E-state index >= 15 is 0 Å². The van der Waals surface area contributed by atoms with Gasteiger partial charge in [-0.15, -0.1) is 0 Å². The normalized spacial score (nSPS) is 10.2. The third kappa shape index (κ3) is 4.39. The minimum absolute atomic E-state index is 0.108. The van der Waals surface area contributed by atoms with Gasteiger partial charge in [-0.05, 0) is 35.9 Å². The molecule has 21 heavy (non-hydrogen) atoms. The largest absolute Gasteiger partial charge is 0.348 e. The van der Waals surface area contributed by atoms with Crippen LogP contribution in [0.5, 0.6) is 0 Å². The zero-order chi connectivity index (χ0) is 15.2. The first-order chi connectivity index (χ1) is 10.1. The lowest BCUT2D eigenvalue weighted by atomic mass is 10.1. The van der Waals surface area contributed by atoms with Crippen LogP contribution in [0.1, 0.15) is 15.9 Å². The Labute approximate surface area is 126 Å². The molecule has 0 aliphatic rings. The van der Waals surface area contributed by atoms with Crippen molar-refractivity contribution < 1.29 is 14.0 Å². The molecule has 0 fully saturated rings. The highest BCUT2D eigenvalue weighted by Gasteiger charge is 2.10. The van der Waals surface area contributed by atoms with Crippen LogP contribution in [0.3, 0.4) is 0 Å². The average Bonchev–Trinajstić information content (AvgIpc) is 2.48. The molecule has 0 heterocycles. The van der Waals surface area contributed by atoms with Crippen molar-refractivity contribution in [3.63, 3.8) is 0 Å². The number of rotatable bonds is 5. The lowest BCUT2D eigenvalue weighted by Crippen LogP contribution is -2.30. The molecule has 3 nitrogen and oxygen atoms in total. The van der Waals surface area contributed by atoms with Gasteiger partial charge in [-0.3, -0.25) is 9.59 Å². The molecule has 0 aromatic heterocycles. The van der Waals surface area contributed by atoms with Crippen LogP contribution >= 0.6 is 11.6 Å². The van der Waals surface area contributed by atoms with Crippen molar-refractivity contribution in [1.29, 1.82) is 0 Å². The van der Waals surface area contributed by atoms with Gasteiger partial charge in [0.25, 0.3) is 0 Å². The number of Topliss-reactive ketones (excluding diaryl/α,β-unsaturated/α-hetero) is 1. The summed E-state index contributed by atoms with van der Waals surface area (Å²) in [4.78, 5) is 23.6. The minimum atomic E-state index is -0.408. The van der Waals surface area contributed by atoms with Gasteiger partial charge in [-0.1, -0.05) is 29.8 Å². The minimum Gasteiger partial charge on any atom is -0.348 e. The molecule has 2 aromatic rings. The Kier molecular flexibility index (Phi) is 5.06. The monoisotopic (exact) mass is 305 g/mol. The van der Waals surface area contributed by atoms with E-state index in [1.807, 2.05) is 0 Å². The smallest absolute Gasteiger partial charge is 0.224 e. The molecule has 108 valence electrons. The number of ketones is 1. The number of carbonyl (C=O) groups is 2. The van der Waals surface area contributed by atoms with Crippen LogP contribution in [0.2, 0.25) is 5.02 Å². The molecule has 1 N–H and O–H groups in total. The molecule has 0 atom stereocenters. The Morgan fingerprint density at radius 2 is 1.71 bits per heavy atom. The predicted octanol–water partition coefficient (Wildman–Crippen LogP) is 3.02. The van der Waals surface area contributed by atoms with Gasteiger partial charge in [0, 0.05) is 10.6 Å². The Hall–Kier alpha value is -2.20. The fourth-order valence-electron chi connectivity index (χ4n) is 1.79. The van der Waals surface area contributed by atoms with Crippen molar-refractivity contribution in [3.05, 3.63) is 70.5 Å². The summed E-state index contributed by atoms with van der Waals surface area (Å²) >= 11 is 5.96. The highest BCUT2D eigenvalue weighted by atomic mass is 35.5. The number of hydrogen-bond donors (Lipinski definition) is 1. The third-order valence-electron chi connectivity index (χ3n) is 2.92. The van der Waals surface area contributed by atoms with E-state index in [0.29, 0.717) is 16.1 Å².